The van der Waals surface area contributed by atoms with Crippen LogP contribution in [0, 0.1) is 0 Å². The molecule has 166 valence electrons. The first-order chi connectivity index (χ1) is 15.4. The molecule has 5 heterocycles. The molecule has 0 unspecified atom stereocenters. The molecule has 32 heavy (non-hydrogen) atoms. The average molecular weight is 434 g/mol. The predicted molar refractivity (Wildman–Crippen MR) is 123 cm³/mol. The van der Waals surface area contributed by atoms with Crippen LogP contribution in [-0.2, 0) is 11.8 Å². The van der Waals surface area contributed by atoms with Gasteiger partial charge in [0.1, 0.15) is 0 Å². The Balaban J connectivity index is 1.57. The minimum atomic E-state index is -0.101. The quantitative estimate of drug-likeness (QED) is 0.490. The molecule has 5 rings (SSSR count). The molecule has 0 spiro atoms. The van der Waals surface area contributed by atoms with Crippen LogP contribution in [0.15, 0.2) is 47.5 Å². The van der Waals surface area contributed by atoms with Gasteiger partial charge in [-0.15, -0.1) is 0 Å². The zero-order valence-corrected chi connectivity index (χ0v) is 18.6. The second kappa shape index (κ2) is 7.90. The third-order valence-corrected chi connectivity index (χ3v) is 6.21. The summed E-state index contributed by atoms with van der Waals surface area (Å²) in [6.07, 6.45) is 5.40. The van der Waals surface area contributed by atoms with Gasteiger partial charge in [-0.25, -0.2) is 14.3 Å². The lowest BCUT2D eigenvalue weighted by molar-refractivity contribution is -0.133. The van der Waals surface area contributed by atoms with E-state index in [1.54, 1.807) is 22.4 Å². The lowest BCUT2D eigenvalue weighted by Crippen LogP contribution is -2.45. The van der Waals surface area contributed by atoms with Crippen LogP contribution in [-0.4, -0.2) is 73.2 Å². The summed E-state index contributed by atoms with van der Waals surface area (Å²) in [7, 11) is 5.55. The molecule has 0 bridgehead atoms. The van der Waals surface area contributed by atoms with E-state index in [2.05, 4.69) is 5.10 Å². The normalized spacial score (nSPS) is 17.0. The van der Waals surface area contributed by atoms with Gasteiger partial charge in [-0.3, -0.25) is 13.9 Å². The van der Waals surface area contributed by atoms with Crippen LogP contribution in [0.25, 0.3) is 27.9 Å². The van der Waals surface area contributed by atoms with Crippen LogP contribution >= 0.6 is 0 Å². The van der Waals surface area contributed by atoms with Crippen molar-refractivity contribution in [3.8, 4) is 11.3 Å². The third-order valence-electron chi connectivity index (χ3n) is 6.21. The van der Waals surface area contributed by atoms with Crippen LogP contribution in [0.2, 0.25) is 0 Å². The Morgan fingerprint density at radius 2 is 2.03 bits per heavy atom. The van der Waals surface area contributed by atoms with Gasteiger partial charge in [-0.1, -0.05) is 6.07 Å². The Labute approximate surface area is 185 Å². The van der Waals surface area contributed by atoms with E-state index in [-0.39, 0.29) is 17.6 Å². The molecule has 0 radical (unpaired) electrons. The number of piperidine rings is 1. The van der Waals surface area contributed by atoms with Crippen molar-refractivity contribution < 1.29 is 4.79 Å². The number of fused-ring (bicyclic) bond motifs is 2. The summed E-state index contributed by atoms with van der Waals surface area (Å²) in [5.41, 5.74) is 3.99. The summed E-state index contributed by atoms with van der Waals surface area (Å²) < 4.78 is 5.23. The minimum Gasteiger partial charge on any atom is -0.340 e. The highest BCUT2D eigenvalue weighted by atomic mass is 16.2. The number of carbonyl (C=O) groups is 1. The Morgan fingerprint density at radius 1 is 1.19 bits per heavy atom. The van der Waals surface area contributed by atoms with Crippen LogP contribution in [0.5, 0.6) is 0 Å². The summed E-state index contributed by atoms with van der Waals surface area (Å²) in [5, 5.41) is 4.42. The number of aromatic nitrogens is 5. The fourth-order valence-electron chi connectivity index (χ4n) is 4.61. The van der Waals surface area contributed by atoms with Gasteiger partial charge < -0.3 is 9.80 Å². The number of likely N-dealkylation sites (tertiary alicyclic amines) is 1. The lowest BCUT2D eigenvalue weighted by atomic mass is 10.1. The highest BCUT2D eigenvalue weighted by Gasteiger charge is 2.28. The molecule has 0 aliphatic carbocycles. The molecular formula is C23H27N7O2. The molecule has 1 atom stereocenters. The molecule has 1 aliphatic rings. The van der Waals surface area contributed by atoms with Gasteiger partial charge in [-0.2, -0.15) is 5.10 Å². The number of nitrogens with zero attached hydrogens (tertiary/aromatic N) is 7. The molecule has 4 aromatic heterocycles. The summed E-state index contributed by atoms with van der Waals surface area (Å²) in [6, 6.07) is 9.68. The maximum atomic E-state index is 13.2. The highest BCUT2D eigenvalue weighted by Crippen LogP contribution is 2.28. The molecule has 0 saturated carbocycles. The molecule has 0 aromatic carbocycles. The van der Waals surface area contributed by atoms with Crippen LogP contribution in [0.1, 0.15) is 18.9 Å². The first-order valence-corrected chi connectivity index (χ1v) is 10.9. The standard InChI is InChI=1S/C23H27N7O2/c1-26(2)15-21(31)28-11-6-7-16(14-28)30-22-20(27(3)23(30)32)10-9-18(25-22)17-13-24-29-12-5-4-8-19(17)29/h4-5,8-10,12-13,16H,6-7,11,14-15H2,1-3H3/t16-/m0/s1. The average Bonchev–Trinajstić information content (AvgIpc) is 3.32. The van der Waals surface area contributed by atoms with E-state index >= 15 is 0 Å². The van der Waals surface area contributed by atoms with Gasteiger partial charge in [0.15, 0.2) is 5.65 Å². The summed E-state index contributed by atoms with van der Waals surface area (Å²) in [4.78, 5) is 34.5. The van der Waals surface area contributed by atoms with E-state index in [0.717, 1.165) is 41.7 Å². The molecule has 1 amide bonds. The van der Waals surface area contributed by atoms with Gasteiger partial charge in [0.05, 0.1) is 35.5 Å². The molecule has 1 aliphatic heterocycles. The Bertz CT molecular complexity index is 1360. The lowest BCUT2D eigenvalue weighted by Gasteiger charge is -2.33. The van der Waals surface area contributed by atoms with Crippen LogP contribution in [0.3, 0.4) is 0 Å². The van der Waals surface area contributed by atoms with Crippen molar-refractivity contribution in [2.24, 2.45) is 7.05 Å². The molecule has 0 N–H and O–H groups in total. The van der Waals surface area contributed by atoms with Gasteiger partial charge in [0, 0.05) is 31.9 Å². The first-order valence-electron chi connectivity index (χ1n) is 10.9. The summed E-state index contributed by atoms with van der Waals surface area (Å²) >= 11 is 0. The monoisotopic (exact) mass is 433 g/mol. The van der Waals surface area contributed by atoms with Crippen molar-refractivity contribution in [3.63, 3.8) is 0 Å². The number of imidazole rings is 1. The molecule has 1 fully saturated rings. The van der Waals surface area contributed by atoms with Crippen molar-refractivity contribution in [3.05, 3.63) is 53.2 Å². The van der Waals surface area contributed by atoms with Gasteiger partial charge in [0.25, 0.3) is 0 Å². The highest BCUT2D eigenvalue weighted by molar-refractivity contribution is 5.82. The van der Waals surface area contributed by atoms with E-state index in [1.165, 1.54) is 0 Å². The summed E-state index contributed by atoms with van der Waals surface area (Å²) in [5.74, 6) is 0.0907. The third kappa shape index (κ3) is 3.38. The second-order valence-corrected chi connectivity index (χ2v) is 8.71. The predicted octanol–water partition coefficient (Wildman–Crippen LogP) is 1.77. The largest absolute Gasteiger partial charge is 0.340 e. The van der Waals surface area contributed by atoms with Gasteiger partial charge in [0.2, 0.25) is 5.91 Å². The van der Waals surface area contributed by atoms with Crippen molar-refractivity contribution in [2.75, 3.05) is 33.7 Å². The van der Waals surface area contributed by atoms with Crippen molar-refractivity contribution in [1.82, 2.24) is 33.5 Å². The number of pyridine rings is 2. The second-order valence-electron chi connectivity index (χ2n) is 8.71. The topological polar surface area (TPSA) is 80.7 Å². The SMILES string of the molecule is CN(C)CC(=O)N1CCC[C@H](n2c(=O)n(C)c3ccc(-c4cnn5ccccc45)nc32)C1. The Morgan fingerprint density at radius 3 is 2.84 bits per heavy atom. The molecular weight excluding hydrogens is 406 g/mol. The zero-order chi connectivity index (χ0) is 22.4. The first kappa shape index (κ1) is 20.4. The number of aryl methyl sites for hydroxylation is 1. The van der Waals surface area contributed by atoms with E-state index < -0.39 is 0 Å². The van der Waals surface area contributed by atoms with Crippen LogP contribution in [0.4, 0.5) is 0 Å². The Kier molecular flexibility index (Phi) is 5.05. The molecule has 1 saturated heterocycles. The van der Waals surface area contributed by atoms with E-state index in [4.69, 9.17) is 4.98 Å². The number of carbonyl (C=O) groups excluding carboxylic acids is 1. The molecule has 9 heteroatoms. The van der Waals surface area contributed by atoms with E-state index in [0.29, 0.717) is 18.7 Å². The smallest absolute Gasteiger partial charge is 0.330 e. The minimum absolute atomic E-state index is 0.0907. The number of hydrogen-bond acceptors (Lipinski definition) is 5. The van der Waals surface area contributed by atoms with E-state index in [1.807, 2.05) is 64.9 Å². The van der Waals surface area contributed by atoms with Gasteiger partial charge >= 0.3 is 5.69 Å². The maximum Gasteiger partial charge on any atom is 0.330 e. The van der Waals surface area contributed by atoms with Crippen molar-refractivity contribution >= 4 is 22.6 Å². The fourth-order valence-corrected chi connectivity index (χ4v) is 4.61. The van der Waals surface area contributed by atoms with E-state index in [9.17, 15) is 9.59 Å². The molecule has 9 nitrogen and oxygen atoms in total. The Hall–Kier alpha value is -3.46. The summed E-state index contributed by atoms with van der Waals surface area (Å²) in [6.45, 7) is 1.62. The zero-order valence-electron chi connectivity index (χ0n) is 18.6. The fraction of sp³-hybridized carbons (Fsp3) is 0.391. The van der Waals surface area contributed by atoms with Crippen molar-refractivity contribution in [2.45, 2.75) is 18.9 Å². The number of likely N-dealkylation sites (N-methyl/N-ethyl adjacent to an activating group) is 1. The number of hydrogen-bond donors (Lipinski definition) is 0. The molecule has 4 aromatic rings. The van der Waals surface area contributed by atoms with Gasteiger partial charge in [-0.05, 0) is 51.2 Å². The van der Waals surface area contributed by atoms with Crippen molar-refractivity contribution in [1.29, 1.82) is 0 Å². The number of rotatable bonds is 4. The number of amides is 1. The van der Waals surface area contributed by atoms with Crippen LogP contribution < -0.4 is 5.69 Å². The maximum absolute atomic E-state index is 13.2.